The minimum absolute atomic E-state index is 0.247. The Bertz CT molecular complexity index is 748. The van der Waals surface area contributed by atoms with Crippen LogP contribution in [-0.2, 0) is 7.05 Å². The summed E-state index contributed by atoms with van der Waals surface area (Å²) in [5.74, 6) is -0.00793. The second-order valence-corrected chi connectivity index (χ2v) is 5.28. The van der Waals surface area contributed by atoms with Crippen LogP contribution < -0.4 is 20.1 Å². The van der Waals surface area contributed by atoms with Crippen LogP contribution in [0.5, 0.6) is 11.5 Å². The molecule has 0 saturated heterocycles. The third-order valence-corrected chi connectivity index (χ3v) is 3.59. The lowest BCUT2D eigenvalue weighted by Crippen LogP contribution is -2.27. The number of carbonyl (C=O) groups is 2. The number of rotatable bonds is 7. The lowest BCUT2D eigenvalue weighted by Gasteiger charge is -2.13. The molecule has 0 saturated carbocycles. The van der Waals surface area contributed by atoms with E-state index in [0.717, 1.165) is 6.42 Å². The Morgan fingerprint density at radius 3 is 2.36 bits per heavy atom. The highest BCUT2D eigenvalue weighted by atomic mass is 16.5. The van der Waals surface area contributed by atoms with E-state index in [1.807, 2.05) is 6.92 Å². The minimum Gasteiger partial charge on any atom is -0.496 e. The number of hydrogen-bond donors (Lipinski definition) is 2. The van der Waals surface area contributed by atoms with E-state index in [9.17, 15) is 9.59 Å². The molecule has 0 unspecified atom stereocenters. The molecule has 1 aromatic heterocycles. The summed E-state index contributed by atoms with van der Waals surface area (Å²) in [6.07, 6.45) is 2.24. The molecule has 0 bridgehead atoms. The normalized spacial score (nSPS) is 10.2. The van der Waals surface area contributed by atoms with Gasteiger partial charge < -0.3 is 20.1 Å². The number of carbonyl (C=O) groups excluding carboxylic acids is 2. The van der Waals surface area contributed by atoms with Crippen LogP contribution in [0, 0.1) is 0 Å². The molecule has 134 valence electrons. The van der Waals surface area contributed by atoms with Crippen molar-refractivity contribution in [3.05, 3.63) is 35.7 Å². The van der Waals surface area contributed by atoms with Crippen molar-refractivity contribution >= 4 is 17.5 Å². The second kappa shape index (κ2) is 8.18. The fourth-order valence-corrected chi connectivity index (χ4v) is 2.38. The number of aryl methyl sites for hydroxylation is 1. The molecule has 0 fully saturated rings. The van der Waals surface area contributed by atoms with E-state index in [2.05, 4.69) is 15.7 Å². The Labute approximate surface area is 146 Å². The van der Waals surface area contributed by atoms with Crippen LogP contribution in [0.2, 0.25) is 0 Å². The fourth-order valence-electron chi connectivity index (χ4n) is 2.38. The summed E-state index contributed by atoms with van der Waals surface area (Å²) in [5, 5.41) is 9.54. The van der Waals surface area contributed by atoms with Gasteiger partial charge in [-0.25, -0.2) is 0 Å². The highest BCUT2D eigenvalue weighted by molar-refractivity contribution is 6.11. The van der Waals surface area contributed by atoms with E-state index in [4.69, 9.17) is 9.47 Å². The number of benzene rings is 1. The number of amides is 2. The monoisotopic (exact) mass is 346 g/mol. The molecule has 1 heterocycles. The molecular formula is C17H22N4O4. The van der Waals surface area contributed by atoms with Crippen molar-refractivity contribution in [2.45, 2.75) is 13.3 Å². The molecule has 8 nitrogen and oxygen atoms in total. The topological polar surface area (TPSA) is 94.5 Å². The first kappa shape index (κ1) is 18.3. The molecule has 2 aromatic rings. The van der Waals surface area contributed by atoms with Crippen LogP contribution in [-0.4, -0.2) is 42.4 Å². The van der Waals surface area contributed by atoms with Gasteiger partial charge in [0.1, 0.15) is 22.8 Å². The van der Waals surface area contributed by atoms with E-state index in [-0.39, 0.29) is 17.2 Å². The Kier molecular flexibility index (Phi) is 5.99. The quantitative estimate of drug-likeness (QED) is 0.798. The minimum atomic E-state index is -0.452. The molecule has 2 rings (SSSR count). The molecule has 2 amide bonds. The van der Waals surface area contributed by atoms with Gasteiger partial charge in [0.15, 0.2) is 0 Å². The summed E-state index contributed by atoms with van der Waals surface area (Å²) in [6.45, 7) is 2.50. The number of ether oxygens (including phenoxy) is 2. The first-order valence-electron chi connectivity index (χ1n) is 7.86. The van der Waals surface area contributed by atoms with Crippen molar-refractivity contribution in [3.8, 4) is 11.5 Å². The summed E-state index contributed by atoms with van der Waals surface area (Å²) in [6, 6.07) is 5.05. The molecule has 25 heavy (non-hydrogen) atoms. The number of nitrogens with one attached hydrogen (secondary N) is 2. The van der Waals surface area contributed by atoms with E-state index in [1.54, 1.807) is 25.2 Å². The van der Waals surface area contributed by atoms with Gasteiger partial charge in [-0.3, -0.25) is 14.3 Å². The summed E-state index contributed by atoms with van der Waals surface area (Å²) < 4.78 is 11.9. The van der Waals surface area contributed by atoms with E-state index in [1.165, 1.54) is 25.1 Å². The average molecular weight is 346 g/mol. The zero-order valence-electron chi connectivity index (χ0n) is 14.8. The van der Waals surface area contributed by atoms with Gasteiger partial charge in [-0.05, 0) is 18.6 Å². The second-order valence-electron chi connectivity index (χ2n) is 5.28. The first-order valence-corrected chi connectivity index (χ1v) is 7.86. The van der Waals surface area contributed by atoms with Crippen molar-refractivity contribution in [2.24, 2.45) is 7.05 Å². The highest BCUT2D eigenvalue weighted by Gasteiger charge is 2.22. The predicted molar refractivity (Wildman–Crippen MR) is 93.3 cm³/mol. The van der Waals surface area contributed by atoms with Crippen LogP contribution in [0.4, 0.5) is 5.69 Å². The standard InChI is InChI=1S/C17H22N4O4/c1-5-9-18-17(23)15-11(10-19-21(15)2)20-16(22)14-12(24-3)7-6-8-13(14)25-4/h6-8,10H,5,9H2,1-4H3,(H,18,23)(H,20,22). The van der Waals surface area contributed by atoms with Gasteiger partial charge in [0.05, 0.1) is 26.1 Å². The summed E-state index contributed by atoms with van der Waals surface area (Å²) in [4.78, 5) is 25.0. The fraction of sp³-hybridized carbons (Fsp3) is 0.353. The van der Waals surface area contributed by atoms with Gasteiger partial charge in [-0.2, -0.15) is 5.10 Å². The third-order valence-electron chi connectivity index (χ3n) is 3.59. The number of aromatic nitrogens is 2. The number of methoxy groups -OCH3 is 2. The van der Waals surface area contributed by atoms with Crippen LogP contribution in [0.3, 0.4) is 0 Å². The zero-order chi connectivity index (χ0) is 18.4. The summed E-state index contributed by atoms with van der Waals surface area (Å²) in [5.41, 5.74) is 0.834. The number of anilines is 1. The predicted octanol–water partition coefficient (Wildman–Crippen LogP) is 1.83. The number of nitrogens with zero attached hydrogens (tertiary/aromatic N) is 2. The third kappa shape index (κ3) is 3.90. The maximum absolute atomic E-state index is 12.7. The number of hydrogen-bond acceptors (Lipinski definition) is 5. The molecule has 0 aliphatic rings. The zero-order valence-corrected chi connectivity index (χ0v) is 14.8. The summed E-state index contributed by atoms with van der Waals surface area (Å²) >= 11 is 0. The van der Waals surface area contributed by atoms with Gasteiger partial charge >= 0.3 is 0 Å². The lowest BCUT2D eigenvalue weighted by molar-refractivity contribution is 0.0945. The molecule has 2 N–H and O–H groups in total. The van der Waals surface area contributed by atoms with Gasteiger partial charge in [-0.15, -0.1) is 0 Å². The van der Waals surface area contributed by atoms with Gasteiger partial charge in [0.25, 0.3) is 11.8 Å². The van der Waals surface area contributed by atoms with Crippen LogP contribution in [0.25, 0.3) is 0 Å². The molecule has 0 atom stereocenters. The van der Waals surface area contributed by atoms with Crippen LogP contribution in [0.15, 0.2) is 24.4 Å². The highest BCUT2D eigenvalue weighted by Crippen LogP contribution is 2.29. The molecule has 0 radical (unpaired) electrons. The Balaban J connectivity index is 2.32. The molecule has 8 heteroatoms. The smallest absolute Gasteiger partial charge is 0.271 e. The van der Waals surface area contributed by atoms with Crippen molar-refractivity contribution < 1.29 is 19.1 Å². The van der Waals surface area contributed by atoms with Gasteiger partial charge in [0, 0.05) is 13.6 Å². The Hall–Kier alpha value is -3.03. The Morgan fingerprint density at radius 1 is 1.16 bits per heavy atom. The summed E-state index contributed by atoms with van der Waals surface area (Å²) in [7, 11) is 4.58. The molecule has 0 aliphatic carbocycles. The average Bonchev–Trinajstić information content (AvgIpc) is 2.98. The van der Waals surface area contributed by atoms with E-state index in [0.29, 0.717) is 23.7 Å². The maximum Gasteiger partial charge on any atom is 0.271 e. The molecule has 1 aromatic carbocycles. The first-order chi connectivity index (χ1) is 12.0. The largest absolute Gasteiger partial charge is 0.496 e. The molecule has 0 spiro atoms. The van der Waals surface area contributed by atoms with Gasteiger partial charge in [-0.1, -0.05) is 13.0 Å². The van der Waals surface area contributed by atoms with Crippen molar-refractivity contribution in [2.75, 3.05) is 26.1 Å². The van der Waals surface area contributed by atoms with E-state index < -0.39 is 5.91 Å². The maximum atomic E-state index is 12.7. The molecular weight excluding hydrogens is 324 g/mol. The van der Waals surface area contributed by atoms with E-state index >= 15 is 0 Å². The van der Waals surface area contributed by atoms with Crippen LogP contribution in [0.1, 0.15) is 34.2 Å². The lowest BCUT2D eigenvalue weighted by atomic mass is 10.1. The van der Waals surface area contributed by atoms with Crippen molar-refractivity contribution in [1.29, 1.82) is 0 Å². The van der Waals surface area contributed by atoms with Crippen molar-refractivity contribution in [3.63, 3.8) is 0 Å². The Morgan fingerprint density at radius 2 is 1.80 bits per heavy atom. The van der Waals surface area contributed by atoms with Gasteiger partial charge in [0.2, 0.25) is 0 Å². The molecule has 0 aliphatic heterocycles. The SMILES string of the molecule is CCCNC(=O)c1c(NC(=O)c2c(OC)cccc2OC)cnn1C. The van der Waals surface area contributed by atoms with Crippen molar-refractivity contribution in [1.82, 2.24) is 15.1 Å². The van der Waals surface area contributed by atoms with Crippen LogP contribution >= 0.6 is 0 Å².